The van der Waals surface area contributed by atoms with E-state index >= 15 is 0 Å². The maximum atomic E-state index is 14.0. The largest absolute Gasteiger partial charge is 0.340 e. The molecule has 3 aromatic rings. The van der Waals surface area contributed by atoms with Gasteiger partial charge in [-0.15, -0.1) is 11.3 Å². The van der Waals surface area contributed by atoms with E-state index in [0.717, 1.165) is 4.88 Å². The van der Waals surface area contributed by atoms with E-state index in [-0.39, 0.29) is 17.4 Å². The lowest BCUT2D eigenvalue weighted by molar-refractivity contribution is -0.136. The average molecular weight is 472 g/mol. The lowest BCUT2D eigenvalue weighted by atomic mass is 10.0. The Balaban J connectivity index is 1.32. The standard InChI is InChI=1S/C23H26FN5O3S/c1-15(2)20(26-22(30)16-6-3-4-7-17(16)24)23(31)29-11-9-28(10-12-29)14-19-25-21(27-32-19)18-8-5-13-33-18/h3-8,13,15,20H,9-12,14H2,1-2H3,(H,26,30). The number of hydrogen-bond acceptors (Lipinski definition) is 7. The van der Waals surface area contributed by atoms with Crippen molar-refractivity contribution in [1.29, 1.82) is 0 Å². The highest BCUT2D eigenvalue weighted by Crippen LogP contribution is 2.22. The first kappa shape index (κ1) is 23.1. The van der Waals surface area contributed by atoms with Gasteiger partial charge in [0.25, 0.3) is 5.91 Å². The van der Waals surface area contributed by atoms with E-state index in [0.29, 0.717) is 44.4 Å². The fourth-order valence-electron chi connectivity index (χ4n) is 3.72. The predicted molar refractivity (Wildman–Crippen MR) is 122 cm³/mol. The van der Waals surface area contributed by atoms with Crippen LogP contribution in [0.4, 0.5) is 4.39 Å². The third kappa shape index (κ3) is 5.45. The molecule has 1 atom stereocenters. The van der Waals surface area contributed by atoms with Crippen molar-refractivity contribution in [2.24, 2.45) is 5.92 Å². The fraction of sp³-hybridized carbons (Fsp3) is 0.391. The third-order valence-electron chi connectivity index (χ3n) is 5.59. The van der Waals surface area contributed by atoms with E-state index in [1.54, 1.807) is 22.3 Å². The van der Waals surface area contributed by atoms with Crippen molar-refractivity contribution >= 4 is 23.2 Å². The van der Waals surface area contributed by atoms with Crippen LogP contribution < -0.4 is 5.32 Å². The highest BCUT2D eigenvalue weighted by Gasteiger charge is 2.31. The summed E-state index contributed by atoms with van der Waals surface area (Å²) in [6, 6.07) is 8.91. The second kappa shape index (κ2) is 10.2. The second-order valence-electron chi connectivity index (χ2n) is 8.27. The summed E-state index contributed by atoms with van der Waals surface area (Å²) in [7, 11) is 0. The number of hydrogen-bond donors (Lipinski definition) is 1. The number of carbonyl (C=O) groups is 2. The van der Waals surface area contributed by atoms with Gasteiger partial charge in [0.1, 0.15) is 11.9 Å². The van der Waals surface area contributed by atoms with Gasteiger partial charge in [0.15, 0.2) is 0 Å². The molecule has 1 saturated heterocycles. The van der Waals surface area contributed by atoms with Crippen LogP contribution in [-0.2, 0) is 11.3 Å². The first-order valence-electron chi connectivity index (χ1n) is 10.9. The van der Waals surface area contributed by atoms with Crippen molar-refractivity contribution in [3.63, 3.8) is 0 Å². The van der Waals surface area contributed by atoms with Crippen LogP contribution in [0.3, 0.4) is 0 Å². The molecule has 8 nitrogen and oxygen atoms in total. The van der Waals surface area contributed by atoms with Crippen molar-refractivity contribution in [3.05, 3.63) is 59.0 Å². The molecule has 0 saturated carbocycles. The summed E-state index contributed by atoms with van der Waals surface area (Å²) >= 11 is 1.55. The van der Waals surface area contributed by atoms with E-state index in [1.165, 1.54) is 18.2 Å². The number of nitrogens with one attached hydrogen (secondary N) is 1. The van der Waals surface area contributed by atoms with Crippen LogP contribution in [-0.4, -0.2) is 64.0 Å². The molecule has 0 aliphatic carbocycles. The molecule has 0 spiro atoms. The average Bonchev–Trinajstić information content (AvgIpc) is 3.50. The molecule has 1 aliphatic rings. The number of carbonyl (C=O) groups excluding carboxylic acids is 2. The van der Waals surface area contributed by atoms with Gasteiger partial charge in [-0.1, -0.05) is 37.2 Å². The number of halogens is 1. The number of piperazine rings is 1. The number of benzene rings is 1. The maximum Gasteiger partial charge on any atom is 0.254 e. The highest BCUT2D eigenvalue weighted by molar-refractivity contribution is 7.13. The van der Waals surface area contributed by atoms with E-state index in [9.17, 15) is 14.0 Å². The van der Waals surface area contributed by atoms with Crippen LogP contribution in [0.25, 0.3) is 10.7 Å². The van der Waals surface area contributed by atoms with Crippen LogP contribution in [0.15, 0.2) is 46.3 Å². The molecule has 0 radical (unpaired) electrons. The van der Waals surface area contributed by atoms with E-state index in [2.05, 4.69) is 20.4 Å². The Labute approximate surface area is 195 Å². The Morgan fingerprint density at radius 3 is 2.58 bits per heavy atom. The summed E-state index contributed by atoms with van der Waals surface area (Å²) in [5.41, 5.74) is -0.0674. The number of aromatic nitrogens is 2. The molecule has 1 unspecified atom stereocenters. The fourth-order valence-corrected chi connectivity index (χ4v) is 4.37. The van der Waals surface area contributed by atoms with E-state index in [4.69, 9.17) is 4.52 Å². The number of nitrogens with zero attached hydrogens (tertiary/aromatic N) is 4. The maximum absolute atomic E-state index is 14.0. The summed E-state index contributed by atoms with van der Waals surface area (Å²) in [5.74, 6) is -0.374. The zero-order chi connectivity index (χ0) is 23.4. The quantitative estimate of drug-likeness (QED) is 0.570. The molecule has 1 aliphatic heterocycles. The number of amides is 2. The summed E-state index contributed by atoms with van der Waals surface area (Å²) in [5, 5.41) is 8.72. The van der Waals surface area contributed by atoms with Crippen molar-refractivity contribution in [2.45, 2.75) is 26.4 Å². The highest BCUT2D eigenvalue weighted by atomic mass is 32.1. The number of thiophene rings is 1. The van der Waals surface area contributed by atoms with E-state index < -0.39 is 17.8 Å². The molecule has 4 rings (SSSR count). The van der Waals surface area contributed by atoms with Crippen LogP contribution in [0.5, 0.6) is 0 Å². The van der Waals surface area contributed by atoms with Gasteiger partial charge in [-0.25, -0.2) is 4.39 Å². The zero-order valence-corrected chi connectivity index (χ0v) is 19.3. The molecule has 2 amide bonds. The van der Waals surface area contributed by atoms with Crippen LogP contribution in [0.2, 0.25) is 0 Å². The molecular weight excluding hydrogens is 445 g/mol. The van der Waals surface area contributed by atoms with Gasteiger partial charge in [0.05, 0.1) is 17.0 Å². The second-order valence-corrected chi connectivity index (χ2v) is 9.21. The first-order valence-corrected chi connectivity index (χ1v) is 11.7. The minimum atomic E-state index is -0.729. The van der Waals surface area contributed by atoms with E-state index in [1.807, 2.05) is 31.4 Å². The lowest BCUT2D eigenvalue weighted by Crippen LogP contribution is -2.56. The Morgan fingerprint density at radius 1 is 1.15 bits per heavy atom. The summed E-state index contributed by atoms with van der Waals surface area (Å²) < 4.78 is 19.3. The molecule has 3 heterocycles. The lowest BCUT2D eigenvalue weighted by Gasteiger charge is -2.36. The molecule has 1 N–H and O–H groups in total. The van der Waals surface area contributed by atoms with Crippen molar-refractivity contribution in [2.75, 3.05) is 26.2 Å². The molecule has 2 aromatic heterocycles. The van der Waals surface area contributed by atoms with Crippen LogP contribution in [0, 0.1) is 11.7 Å². The molecular formula is C23H26FN5O3S. The minimum absolute atomic E-state index is 0.0674. The third-order valence-corrected chi connectivity index (χ3v) is 6.46. The van der Waals surface area contributed by atoms with Crippen molar-refractivity contribution in [3.8, 4) is 10.7 Å². The van der Waals surface area contributed by atoms with Crippen LogP contribution in [0.1, 0.15) is 30.1 Å². The summed E-state index contributed by atoms with van der Waals surface area (Å²) in [6.07, 6.45) is 0. The Hall–Kier alpha value is -3.11. The molecule has 0 bridgehead atoms. The van der Waals surface area contributed by atoms with Gasteiger partial charge >= 0.3 is 0 Å². The van der Waals surface area contributed by atoms with Crippen LogP contribution >= 0.6 is 11.3 Å². The predicted octanol–water partition coefficient (Wildman–Crippen LogP) is 3.04. The molecule has 1 aromatic carbocycles. The molecule has 1 fully saturated rings. The molecule has 33 heavy (non-hydrogen) atoms. The zero-order valence-electron chi connectivity index (χ0n) is 18.5. The van der Waals surface area contributed by atoms with Gasteiger partial charge in [0.2, 0.25) is 17.6 Å². The minimum Gasteiger partial charge on any atom is -0.340 e. The Morgan fingerprint density at radius 2 is 1.91 bits per heavy atom. The van der Waals surface area contributed by atoms with Gasteiger partial charge in [0, 0.05) is 26.2 Å². The molecule has 174 valence electrons. The van der Waals surface area contributed by atoms with Gasteiger partial charge in [-0.2, -0.15) is 4.98 Å². The molecule has 10 heteroatoms. The first-order chi connectivity index (χ1) is 15.9. The monoisotopic (exact) mass is 471 g/mol. The van der Waals surface area contributed by atoms with Gasteiger partial charge in [-0.05, 0) is 29.5 Å². The van der Waals surface area contributed by atoms with Crippen molar-refractivity contribution in [1.82, 2.24) is 25.3 Å². The van der Waals surface area contributed by atoms with Gasteiger partial charge < -0.3 is 14.7 Å². The summed E-state index contributed by atoms with van der Waals surface area (Å²) in [4.78, 5) is 35.0. The Kier molecular flexibility index (Phi) is 7.14. The normalized spacial score (nSPS) is 15.6. The Bertz CT molecular complexity index is 1090. The number of rotatable bonds is 7. The topological polar surface area (TPSA) is 91.6 Å². The SMILES string of the molecule is CC(C)C(NC(=O)c1ccccc1F)C(=O)N1CCN(Cc2nc(-c3cccs3)no2)CC1. The summed E-state index contributed by atoms with van der Waals surface area (Å²) in [6.45, 7) is 6.57. The van der Waals surface area contributed by atoms with Gasteiger partial charge in [-0.3, -0.25) is 14.5 Å². The van der Waals surface area contributed by atoms with Crippen molar-refractivity contribution < 1.29 is 18.5 Å². The smallest absolute Gasteiger partial charge is 0.254 e.